The van der Waals surface area contributed by atoms with Crippen LogP contribution in [0, 0.1) is 0 Å². The highest BCUT2D eigenvalue weighted by Gasteiger charge is 2.17. The molecular weight excluding hydrogens is 687 g/mol. The van der Waals surface area contributed by atoms with Gasteiger partial charge in [-0.05, 0) is 111 Å². The molecule has 11 aromatic rings. The lowest BCUT2D eigenvalue weighted by atomic mass is 9.95. The molecule has 2 aromatic heterocycles. The number of nitrogens with zero attached hydrogens (tertiary/aromatic N) is 1. The Morgan fingerprint density at radius 2 is 0.945 bits per heavy atom. The van der Waals surface area contributed by atoms with E-state index in [0.717, 1.165) is 50.1 Å². The maximum Gasteiger partial charge on any atom is 0.135 e. The van der Waals surface area contributed by atoms with Gasteiger partial charge in [0.05, 0.1) is 0 Å². The molecular formula is C52H33NOS. The van der Waals surface area contributed by atoms with Crippen molar-refractivity contribution in [1.82, 2.24) is 0 Å². The second kappa shape index (κ2) is 12.9. The van der Waals surface area contributed by atoms with Crippen molar-refractivity contribution in [2.45, 2.75) is 0 Å². The van der Waals surface area contributed by atoms with Crippen LogP contribution in [-0.2, 0) is 0 Å². The van der Waals surface area contributed by atoms with Crippen molar-refractivity contribution >= 4 is 81.3 Å². The number of anilines is 3. The van der Waals surface area contributed by atoms with Gasteiger partial charge in [0.25, 0.3) is 0 Å². The molecule has 2 nitrogen and oxygen atoms in total. The van der Waals surface area contributed by atoms with Gasteiger partial charge in [-0.2, -0.15) is 0 Å². The van der Waals surface area contributed by atoms with Gasteiger partial charge in [0, 0.05) is 48.0 Å². The van der Waals surface area contributed by atoms with E-state index in [0.29, 0.717) is 0 Å². The number of benzene rings is 9. The summed E-state index contributed by atoms with van der Waals surface area (Å²) in [7, 11) is 0. The zero-order chi connectivity index (χ0) is 36.3. The quantitative estimate of drug-likeness (QED) is 0.170. The highest BCUT2D eigenvalue weighted by atomic mass is 32.1. The SMILES string of the molecule is c1cc(-c2cccc(N(c3ccc(-c4ccc5oc6ccccc6c5c4)cc3)c3ccc4c(c3)sc3ccccc34)c2)cc(-c2cccc3ccccc23)c1. The summed E-state index contributed by atoms with van der Waals surface area (Å²) in [6.07, 6.45) is 0. The standard InChI is InChI=1S/C52H33NOS/c1-2-16-43-35(10-1)11-9-19-44(43)39-14-7-12-36(30-39)37-13-8-15-41(31-37)53(42-27-28-47-46-18-4-6-21-51(46)55-52(47)33-42)40-25-22-34(23-26-40)38-24-29-50-48(32-38)45-17-3-5-20-49(45)54-50/h1-33H. The normalized spacial score (nSPS) is 11.6. The van der Waals surface area contributed by atoms with Crippen molar-refractivity contribution in [3.05, 3.63) is 200 Å². The maximum absolute atomic E-state index is 6.12. The van der Waals surface area contributed by atoms with Crippen molar-refractivity contribution in [2.75, 3.05) is 4.90 Å². The number of furan rings is 1. The van der Waals surface area contributed by atoms with Crippen LogP contribution in [0.3, 0.4) is 0 Å². The van der Waals surface area contributed by atoms with E-state index in [1.54, 1.807) is 0 Å². The third kappa shape index (κ3) is 5.48. The minimum Gasteiger partial charge on any atom is -0.456 e. The summed E-state index contributed by atoms with van der Waals surface area (Å²) in [4.78, 5) is 2.39. The lowest BCUT2D eigenvalue weighted by molar-refractivity contribution is 0.669. The summed E-state index contributed by atoms with van der Waals surface area (Å²) in [5.74, 6) is 0. The number of hydrogen-bond donors (Lipinski definition) is 0. The fraction of sp³-hybridized carbons (Fsp3) is 0. The zero-order valence-corrected chi connectivity index (χ0v) is 30.6. The van der Waals surface area contributed by atoms with Gasteiger partial charge in [0.15, 0.2) is 0 Å². The van der Waals surface area contributed by atoms with E-state index < -0.39 is 0 Å². The van der Waals surface area contributed by atoms with Gasteiger partial charge < -0.3 is 9.32 Å². The smallest absolute Gasteiger partial charge is 0.135 e. The number of fused-ring (bicyclic) bond motifs is 7. The summed E-state index contributed by atoms with van der Waals surface area (Å²) in [5, 5.41) is 7.39. The van der Waals surface area contributed by atoms with Crippen LogP contribution in [0.1, 0.15) is 0 Å². The number of thiophene rings is 1. The molecule has 11 rings (SSSR count). The summed E-state index contributed by atoms with van der Waals surface area (Å²) in [6.45, 7) is 0. The van der Waals surface area contributed by atoms with Crippen LogP contribution in [0.15, 0.2) is 205 Å². The molecule has 0 N–H and O–H groups in total. The third-order valence-corrected chi connectivity index (χ3v) is 12.0. The molecule has 0 radical (unpaired) electrons. The lowest BCUT2D eigenvalue weighted by Crippen LogP contribution is -2.09. The van der Waals surface area contributed by atoms with Crippen LogP contribution in [0.4, 0.5) is 17.1 Å². The number of rotatable bonds is 6. The predicted octanol–water partition coefficient (Wildman–Crippen LogP) is 15.6. The largest absolute Gasteiger partial charge is 0.456 e. The van der Waals surface area contributed by atoms with Crippen LogP contribution >= 0.6 is 11.3 Å². The van der Waals surface area contributed by atoms with Crippen molar-refractivity contribution in [3.8, 4) is 33.4 Å². The fourth-order valence-corrected chi connectivity index (χ4v) is 9.32. The van der Waals surface area contributed by atoms with Crippen molar-refractivity contribution in [3.63, 3.8) is 0 Å². The molecule has 0 unspecified atom stereocenters. The average molecular weight is 720 g/mol. The molecule has 3 heteroatoms. The highest BCUT2D eigenvalue weighted by molar-refractivity contribution is 7.25. The molecule has 9 aromatic carbocycles. The first-order chi connectivity index (χ1) is 27.2. The highest BCUT2D eigenvalue weighted by Crippen LogP contribution is 2.42. The average Bonchev–Trinajstić information content (AvgIpc) is 3.82. The first-order valence-corrected chi connectivity index (χ1v) is 19.5. The molecule has 0 bridgehead atoms. The zero-order valence-electron chi connectivity index (χ0n) is 29.8. The Morgan fingerprint density at radius 3 is 1.85 bits per heavy atom. The van der Waals surface area contributed by atoms with Gasteiger partial charge in [-0.15, -0.1) is 11.3 Å². The molecule has 0 aliphatic heterocycles. The van der Waals surface area contributed by atoms with Crippen molar-refractivity contribution in [1.29, 1.82) is 0 Å². The predicted molar refractivity (Wildman–Crippen MR) is 235 cm³/mol. The van der Waals surface area contributed by atoms with E-state index in [1.165, 1.54) is 53.2 Å². The summed E-state index contributed by atoms with van der Waals surface area (Å²) >= 11 is 1.85. The molecule has 0 spiro atoms. The van der Waals surface area contributed by atoms with Gasteiger partial charge in [0.1, 0.15) is 11.2 Å². The third-order valence-electron chi connectivity index (χ3n) is 10.9. The first-order valence-electron chi connectivity index (χ1n) is 18.7. The topological polar surface area (TPSA) is 16.4 Å². The molecule has 0 saturated carbocycles. The first kappa shape index (κ1) is 31.6. The van der Waals surface area contributed by atoms with Crippen molar-refractivity contribution < 1.29 is 4.42 Å². The summed E-state index contributed by atoms with van der Waals surface area (Å²) in [6, 6.07) is 72.4. The molecule has 0 aliphatic carbocycles. The molecule has 2 heterocycles. The molecule has 0 fully saturated rings. The van der Waals surface area contributed by atoms with Gasteiger partial charge in [-0.1, -0.05) is 133 Å². The Morgan fingerprint density at radius 1 is 0.327 bits per heavy atom. The van der Waals surface area contributed by atoms with Crippen LogP contribution in [-0.4, -0.2) is 0 Å². The second-order valence-electron chi connectivity index (χ2n) is 14.1. The van der Waals surface area contributed by atoms with E-state index in [-0.39, 0.29) is 0 Å². The number of para-hydroxylation sites is 1. The fourth-order valence-electron chi connectivity index (χ4n) is 8.18. The molecule has 0 saturated heterocycles. The van der Waals surface area contributed by atoms with Gasteiger partial charge >= 0.3 is 0 Å². The van der Waals surface area contributed by atoms with Crippen LogP contribution in [0.5, 0.6) is 0 Å². The van der Waals surface area contributed by atoms with E-state index in [2.05, 4.69) is 193 Å². The Balaban J connectivity index is 1.02. The Hall–Kier alpha value is -6.94. The van der Waals surface area contributed by atoms with Crippen LogP contribution in [0.25, 0.3) is 86.3 Å². The maximum atomic E-state index is 6.12. The molecule has 258 valence electrons. The molecule has 0 amide bonds. The van der Waals surface area contributed by atoms with E-state index in [4.69, 9.17) is 4.42 Å². The Labute approximate surface area is 322 Å². The monoisotopic (exact) mass is 719 g/mol. The van der Waals surface area contributed by atoms with E-state index >= 15 is 0 Å². The summed E-state index contributed by atoms with van der Waals surface area (Å²) < 4.78 is 8.71. The Kier molecular flexibility index (Phi) is 7.39. The van der Waals surface area contributed by atoms with Crippen molar-refractivity contribution in [2.24, 2.45) is 0 Å². The van der Waals surface area contributed by atoms with Crippen LogP contribution < -0.4 is 4.90 Å². The minimum absolute atomic E-state index is 0.909. The minimum atomic E-state index is 0.909. The second-order valence-corrected chi connectivity index (χ2v) is 15.2. The van der Waals surface area contributed by atoms with Crippen LogP contribution in [0.2, 0.25) is 0 Å². The Bertz CT molecular complexity index is 3220. The van der Waals surface area contributed by atoms with Gasteiger partial charge in [-0.25, -0.2) is 0 Å². The van der Waals surface area contributed by atoms with E-state index in [1.807, 2.05) is 23.5 Å². The number of hydrogen-bond acceptors (Lipinski definition) is 3. The van der Waals surface area contributed by atoms with Gasteiger partial charge in [0.2, 0.25) is 0 Å². The molecule has 0 atom stereocenters. The molecule has 55 heavy (non-hydrogen) atoms. The molecule has 0 aliphatic rings. The summed E-state index contributed by atoms with van der Waals surface area (Å²) in [5.41, 5.74) is 12.3. The van der Waals surface area contributed by atoms with E-state index in [9.17, 15) is 0 Å². The lowest BCUT2D eigenvalue weighted by Gasteiger charge is -2.26. The van der Waals surface area contributed by atoms with Gasteiger partial charge in [-0.3, -0.25) is 0 Å².